The summed E-state index contributed by atoms with van der Waals surface area (Å²) < 4.78 is 1.69. The summed E-state index contributed by atoms with van der Waals surface area (Å²) in [5.41, 5.74) is -3.11. The molecule has 0 unspecified atom stereocenters. The largest absolute Gasteiger partial charge is 0.338 e. The van der Waals surface area contributed by atoms with Crippen LogP contribution in [0.25, 0.3) is 0 Å². The van der Waals surface area contributed by atoms with Crippen molar-refractivity contribution < 1.29 is 25.7 Å². The van der Waals surface area contributed by atoms with Crippen LogP contribution in [0.2, 0.25) is 10.0 Å². The summed E-state index contributed by atoms with van der Waals surface area (Å²) in [6.07, 6.45) is 0. The first kappa shape index (κ1) is 16.8. The molecule has 0 radical (unpaired) electrons. The Morgan fingerprint density at radius 2 is 1.56 bits per heavy atom. The normalized spacial score (nSPS) is 10.3. The van der Waals surface area contributed by atoms with Gasteiger partial charge in [0.15, 0.2) is 0 Å². The molecule has 0 spiro atoms. The van der Waals surface area contributed by atoms with Gasteiger partial charge in [-0.05, 0) is 11.8 Å². The van der Waals surface area contributed by atoms with E-state index < -0.39 is 21.6 Å². The van der Waals surface area contributed by atoms with Gasteiger partial charge in [0.2, 0.25) is 5.69 Å². The maximum atomic E-state index is 7.87. The minimum Gasteiger partial charge on any atom is -0.338 e. The molecule has 89 valence electrons. The van der Waals surface area contributed by atoms with Crippen LogP contribution in [0.3, 0.4) is 0 Å². The van der Waals surface area contributed by atoms with E-state index >= 15 is 0 Å². The molecule has 2 N–H and O–H groups in total. The van der Waals surface area contributed by atoms with Gasteiger partial charge >= 0.3 is 74.3 Å². The summed E-state index contributed by atoms with van der Waals surface area (Å²) in [6.45, 7) is 4.69. The molecular weight excluding hydrogens is 313 g/mol. The Bertz CT molecular complexity index is 317. The maximum Gasteiger partial charge on any atom is 0.239 e. The monoisotopic (exact) mass is 329 g/mol. The molecular formula is C10H18O2PS2Zn. The fraction of sp³-hybridized carbons (Fsp3) is 0.400. The average Bonchev–Trinajstić information content (AvgIpc) is 2.19. The van der Waals surface area contributed by atoms with E-state index in [1.54, 1.807) is 4.16 Å². The van der Waals surface area contributed by atoms with Crippen molar-refractivity contribution >= 4 is 33.9 Å². The quantitative estimate of drug-likeness (QED) is 0.453. The summed E-state index contributed by atoms with van der Waals surface area (Å²) in [6, 6.07) is 11.1. The molecule has 0 aliphatic heterocycles. The van der Waals surface area contributed by atoms with E-state index in [9.17, 15) is 0 Å². The third kappa shape index (κ3) is 9.95. The van der Waals surface area contributed by atoms with Gasteiger partial charge in [0, 0.05) is 0 Å². The molecule has 1 rings (SSSR count). The minimum atomic E-state index is -3.11. The fourth-order valence-electron chi connectivity index (χ4n) is 1.74. The van der Waals surface area contributed by atoms with Gasteiger partial charge in [-0.25, -0.2) is 0 Å². The first-order chi connectivity index (χ1) is 7.38. The van der Waals surface area contributed by atoms with E-state index in [2.05, 4.69) is 68.2 Å². The maximum absolute atomic E-state index is 7.87. The van der Waals surface area contributed by atoms with Crippen molar-refractivity contribution in [1.82, 2.24) is 0 Å². The molecule has 1 aromatic rings. The molecule has 6 heteroatoms. The van der Waals surface area contributed by atoms with Crippen LogP contribution in [0.15, 0.2) is 30.3 Å². The number of thiol groups is 1. The predicted molar refractivity (Wildman–Crippen MR) is 74.7 cm³/mol. The molecule has 0 saturated carbocycles. The summed E-state index contributed by atoms with van der Waals surface area (Å²) in [7, 11) is 0. The molecule has 0 amide bonds. The first-order valence-corrected chi connectivity index (χ1v) is 15.0. The zero-order valence-corrected chi connectivity index (χ0v) is 15.3. The fourth-order valence-corrected chi connectivity index (χ4v) is 7.62. The molecule has 0 heterocycles. The number of rotatable bonds is 3. The van der Waals surface area contributed by atoms with Crippen molar-refractivity contribution in [2.45, 2.75) is 23.9 Å². The molecule has 0 bridgehead atoms. The molecule has 0 aliphatic rings. The summed E-state index contributed by atoms with van der Waals surface area (Å²) >= 11 is 5.87. The van der Waals surface area contributed by atoms with Crippen molar-refractivity contribution in [3.05, 3.63) is 30.3 Å². The summed E-state index contributed by atoms with van der Waals surface area (Å²) in [5.74, 6) is 0. The van der Waals surface area contributed by atoms with Crippen LogP contribution in [0.4, 0.5) is 0 Å². The molecule has 0 fully saturated rings. The Kier molecular flexibility index (Phi) is 9.22. The van der Waals surface area contributed by atoms with Gasteiger partial charge in [-0.2, -0.15) is 0 Å². The van der Waals surface area contributed by atoms with Gasteiger partial charge in [0.25, 0.3) is 0 Å². The first-order valence-electron chi connectivity index (χ1n) is 5.46. The molecule has 0 atom stereocenters. The van der Waals surface area contributed by atoms with Crippen molar-refractivity contribution in [1.29, 1.82) is 0 Å². The van der Waals surface area contributed by atoms with Gasteiger partial charge in [0.05, 0.1) is 0 Å². The van der Waals surface area contributed by atoms with E-state index in [0.29, 0.717) is 0 Å². The molecule has 16 heavy (non-hydrogen) atoms. The van der Waals surface area contributed by atoms with Crippen LogP contribution in [0.1, 0.15) is 13.8 Å². The van der Waals surface area contributed by atoms with Gasteiger partial charge in [0.1, 0.15) is 0 Å². The zero-order valence-electron chi connectivity index (χ0n) is 9.71. The summed E-state index contributed by atoms with van der Waals surface area (Å²) in [4.78, 5) is 15.7. The Balaban J connectivity index is 0.000000385. The van der Waals surface area contributed by atoms with Crippen LogP contribution in [-0.2, 0) is 27.8 Å². The van der Waals surface area contributed by atoms with E-state index in [0.717, 1.165) is 0 Å². The molecule has 0 aliphatic carbocycles. The Labute approximate surface area is 113 Å². The second-order valence-electron chi connectivity index (χ2n) is 3.85. The number of hydrogen-bond acceptors (Lipinski definition) is 1. The topological polar surface area (TPSA) is 40.5 Å². The van der Waals surface area contributed by atoms with Gasteiger partial charge in [-0.3, -0.25) is 0 Å². The van der Waals surface area contributed by atoms with Crippen molar-refractivity contribution in [2.24, 2.45) is 0 Å². The van der Waals surface area contributed by atoms with Crippen molar-refractivity contribution in [2.75, 3.05) is 0 Å². The van der Waals surface area contributed by atoms with E-state index in [4.69, 9.17) is 9.79 Å². The average molecular weight is 331 g/mol. The van der Waals surface area contributed by atoms with Crippen LogP contribution in [-0.4, -0.2) is 9.79 Å². The molecule has 2 nitrogen and oxygen atoms in total. The van der Waals surface area contributed by atoms with Crippen LogP contribution < -0.4 is 4.16 Å². The Morgan fingerprint density at radius 3 is 1.88 bits per heavy atom. The number of benzene rings is 1. The third-order valence-electron chi connectivity index (χ3n) is 2.63. The van der Waals surface area contributed by atoms with E-state index in [-0.39, 0.29) is 0 Å². The summed E-state index contributed by atoms with van der Waals surface area (Å²) in [5, 5.41) is 2.92. The third-order valence-corrected chi connectivity index (χ3v) is 11.1. The van der Waals surface area contributed by atoms with Gasteiger partial charge in [-0.15, -0.1) is 0 Å². The zero-order chi connectivity index (χ0) is 12.6. The van der Waals surface area contributed by atoms with Gasteiger partial charge < -0.3 is 9.79 Å². The second-order valence-corrected chi connectivity index (χ2v) is 18.4. The van der Waals surface area contributed by atoms with Crippen LogP contribution in [0, 0.1) is 0 Å². The van der Waals surface area contributed by atoms with E-state index in [1.165, 1.54) is 10.0 Å². The van der Waals surface area contributed by atoms with Crippen molar-refractivity contribution in [3.63, 3.8) is 0 Å². The molecule has 0 saturated heterocycles. The Hall–Kier alpha value is 0.763. The SMILES string of the molecule is C[CH2][Zn]([CH2]C)[c]1ccccc1.OP(O)(=S)S. The standard InChI is InChI=1S/C6H5.2C2H5.H3O2PS2.Zn/c1-2-4-6-5-3-1;2*1-2;1-3(2,4)5;/h1-5H;2*1H2,2H3;(H3,1,2,4,5);. The predicted octanol–water partition coefficient (Wildman–Crippen LogP) is 2.93. The van der Waals surface area contributed by atoms with Gasteiger partial charge in [-0.1, -0.05) is 12.2 Å². The smallest absolute Gasteiger partial charge is 0.239 e. The van der Waals surface area contributed by atoms with Crippen LogP contribution >= 0.6 is 17.9 Å². The molecule has 0 aromatic heterocycles. The van der Waals surface area contributed by atoms with Crippen LogP contribution in [0.5, 0.6) is 0 Å². The van der Waals surface area contributed by atoms with Crippen molar-refractivity contribution in [3.8, 4) is 0 Å². The Morgan fingerprint density at radius 1 is 1.19 bits per heavy atom. The minimum absolute atomic E-state index is 1.21. The number of hydrogen-bond donors (Lipinski definition) is 3. The molecule has 1 aromatic carbocycles. The van der Waals surface area contributed by atoms with E-state index in [1.807, 2.05) is 0 Å². The second kappa shape index (κ2) is 8.80.